The number of nitrogens with one attached hydrogen (secondary N) is 2. The summed E-state index contributed by atoms with van der Waals surface area (Å²) in [6.45, 7) is 3.99. The van der Waals surface area contributed by atoms with E-state index in [1.165, 1.54) is 35.0 Å². The number of aromatic nitrogens is 4. The number of para-hydroxylation sites is 2. The number of thiophene rings is 1. The third-order valence-corrected chi connectivity index (χ3v) is 7.99. The fraction of sp³-hybridized carbons (Fsp3) is 0.360. The molecule has 3 aromatic heterocycles. The first-order valence-electron chi connectivity index (χ1n) is 11.3. The van der Waals surface area contributed by atoms with E-state index in [4.69, 9.17) is 4.98 Å². The van der Waals surface area contributed by atoms with Gasteiger partial charge in [-0.1, -0.05) is 23.9 Å². The molecule has 0 radical (unpaired) electrons. The molecule has 0 unspecified atom stereocenters. The Morgan fingerprint density at radius 2 is 1.88 bits per heavy atom. The molecule has 0 aliphatic heterocycles. The summed E-state index contributed by atoms with van der Waals surface area (Å²) in [5, 5.41) is 4.90. The highest BCUT2D eigenvalue weighted by Gasteiger charge is 2.25. The summed E-state index contributed by atoms with van der Waals surface area (Å²) < 4.78 is 0. The quantitative estimate of drug-likeness (QED) is 0.268. The van der Waals surface area contributed by atoms with Crippen LogP contribution in [0, 0.1) is 13.8 Å². The SMILES string of the molecule is CSc1nc(C)c(CCC(=O)Nc2sc3c(c2-c2nc4ccccc4[nH]2)CCCC3)c(C)n1. The molecule has 3 heterocycles. The number of anilines is 1. The Balaban J connectivity index is 1.40. The average molecular weight is 478 g/mol. The molecular weight excluding hydrogens is 450 g/mol. The van der Waals surface area contributed by atoms with Crippen LogP contribution in [0.1, 0.15) is 46.7 Å². The summed E-state index contributed by atoms with van der Waals surface area (Å²) in [5.41, 5.74) is 7.34. The van der Waals surface area contributed by atoms with E-state index in [-0.39, 0.29) is 5.91 Å². The second kappa shape index (κ2) is 9.27. The van der Waals surface area contributed by atoms with Crippen molar-refractivity contribution in [1.29, 1.82) is 0 Å². The lowest BCUT2D eigenvalue weighted by Crippen LogP contribution is -2.13. The van der Waals surface area contributed by atoms with Gasteiger partial charge in [0.1, 0.15) is 10.8 Å². The number of hydrogen-bond donors (Lipinski definition) is 2. The van der Waals surface area contributed by atoms with Crippen molar-refractivity contribution in [2.24, 2.45) is 0 Å². The lowest BCUT2D eigenvalue weighted by atomic mass is 9.95. The van der Waals surface area contributed by atoms with Crippen molar-refractivity contribution in [2.75, 3.05) is 11.6 Å². The van der Waals surface area contributed by atoms with Crippen LogP contribution >= 0.6 is 23.1 Å². The molecule has 170 valence electrons. The van der Waals surface area contributed by atoms with Crippen LogP contribution in [0.4, 0.5) is 5.00 Å². The monoisotopic (exact) mass is 477 g/mol. The smallest absolute Gasteiger partial charge is 0.225 e. The van der Waals surface area contributed by atoms with Crippen LogP contribution in [0.5, 0.6) is 0 Å². The van der Waals surface area contributed by atoms with Crippen molar-refractivity contribution >= 4 is 45.0 Å². The average Bonchev–Trinajstić information content (AvgIpc) is 3.38. The maximum absolute atomic E-state index is 13.0. The van der Waals surface area contributed by atoms with E-state index >= 15 is 0 Å². The molecule has 0 fully saturated rings. The summed E-state index contributed by atoms with van der Waals surface area (Å²) in [6, 6.07) is 8.06. The summed E-state index contributed by atoms with van der Waals surface area (Å²) in [5.74, 6) is 0.859. The topological polar surface area (TPSA) is 83.6 Å². The number of benzene rings is 1. The number of H-pyrrole nitrogens is 1. The van der Waals surface area contributed by atoms with Crippen LogP contribution in [0.15, 0.2) is 29.4 Å². The van der Waals surface area contributed by atoms with Crippen molar-refractivity contribution in [1.82, 2.24) is 19.9 Å². The van der Waals surface area contributed by atoms with E-state index in [2.05, 4.69) is 20.3 Å². The van der Waals surface area contributed by atoms with Gasteiger partial charge in [0.05, 0.1) is 16.6 Å². The van der Waals surface area contributed by atoms with Crippen LogP contribution in [0.3, 0.4) is 0 Å². The molecule has 1 aromatic carbocycles. The van der Waals surface area contributed by atoms with Gasteiger partial charge >= 0.3 is 0 Å². The van der Waals surface area contributed by atoms with Crippen molar-refractivity contribution in [3.8, 4) is 11.4 Å². The molecule has 0 spiro atoms. The highest BCUT2D eigenvalue weighted by molar-refractivity contribution is 7.98. The van der Waals surface area contributed by atoms with Gasteiger partial charge in [0, 0.05) is 22.7 Å². The van der Waals surface area contributed by atoms with Crippen LogP contribution in [0.2, 0.25) is 0 Å². The molecule has 6 nitrogen and oxygen atoms in total. The molecule has 0 saturated heterocycles. The standard InChI is InChI=1S/C25H27N5OS2/c1-14-16(15(2)27-25(26-14)32-3)12-13-21(31)30-24-22(17-8-4-7-11-20(17)33-24)23-28-18-9-5-6-10-19(18)29-23/h5-6,9-10H,4,7-8,11-13H2,1-3H3,(H,28,29)(H,30,31). The molecule has 0 atom stereocenters. The van der Waals surface area contributed by atoms with Crippen LogP contribution in [-0.4, -0.2) is 32.1 Å². The van der Waals surface area contributed by atoms with Gasteiger partial charge in [-0.3, -0.25) is 4.79 Å². The second-order valence-electron chi connectivity index (χ2n) is 8.43. The van der Waals surface area contributed by atoms with Crippen molar-refractivity contribution in [3.63, 3.8) is 0 Å². The predicted molar refractivity (Wildman–Crippen MR) is 136 cm³/mol. The van der Waals surface area contributed by atoms with Crippen LogP contribution < -0.4 is 5.32 Å². The maximum atomic E-state index is 13.0. The number of aryl methyl sites for hydroxylation is 3. The zero-order chi connectivity index (χ0) is 22.9. The van der Waals surface area contributed by atoms with Gasteiger partial charge < -0.3 is 10.3 Å². The number of carbonyl (C=O) groups excluding carboxylic acids is 1. The first-order chi connectivity index (χ1) is 16.0. The van der Waals surface area contributed by atoms with Crippen LogP contribution in [0.25, 0.3) is 22.4 Å². The summed E-state index contributed by atoms with van der Waals surface area (Å²) in [6.07, 6.45) is 7.47. The summed E-state index contributed by atoms with van der Waals surface area (Å²) in [4.78, 5) is 31.8. The van der Waals surface area contributed by atoms with Crippen molar-refractivity contribution in [2.45, 2.75) is 57.5 Å². The number of carbonyl (C=O) groups is 1. The zero-order valence-corrected chi connectivity index (χ0v) is 20.8. The first-order valence-corrected chi connectivity index (χ1v) is 13.3. The molecule has 33 heavy (non-hydrogen) atoms. The van der Waals surface area contributed by atoms with Gasteiger partial charge in [0.15, 0.2) is 5.16 Å². The minimum absolute atomic E-state index is 0.0127. The second-order valence-corrected chi connectivity index (χ2v) is 10.3. The maximum Gasteiger partial charge on any atom is 0.225 e. The van der Waals surface area contributed by atoms with Crippen molar-refractivity contribution in [3.05, 3.63) is 51.7 Å². The van der Waals surface area contributed by atoms with Gasteiger partial charge in [-0.25, -0.2) is 15.0 Å². The van der Waals surface area contributed by atoms with Crippen molar-refractivity contribution < 1.29 is 4.79 Å². The van der Waals surface area contributed by atoms with E-state index < -0.39 is 0 Å². The molecule has 1 amide bonds. The molecule has 1 aliphatic carbocycles. The van der Waals surface area contributed by atoms with Gasteiger partial charge in [0.25, 0.3) is 0 Å². The Bertz CT molecular complexity index is 1280. The number of thioether (sulfide) groups is 1. The molecule has 0 bridgehead atoms. The van der Waals surface area contributed by atoms with Gasteiger partial charge in [0.2, 0.25) is 5.91 Å². The Morgan fingerprint density at radius 3 is 2.64 bits per heavy atom. The first kappa shape index (κ1) is 22.1. The Morgan fingerprint density at radius 1 is 1.12 bits per heavy atom. The van der Waals surface area contributed by atoms with E-state index in [0.29, 0.717) is 12.8 Å². The Labute approximate surface area is 201 Å². The largest absolute Gasteiger partial charge is 0.338 e. The molecule has 0 saturated carbocycles. The third-order valence-electron chi connectivity index (χ3n) is 6.24. The number of imidazole rings is 1. The normalized spacial score (nSPS) is 13.3. The molecule has 8 heteroatoms. The highest BCUT2D eigenvalue weighted by Crippen LogP contribution is 2.43. The van der Waals surface area contributed by atoms with E-state index in [9.17, 15) is 4.79 Å². The zero-order valence-electron chi connectivity index (χ0n) is 19.1. The lowest BCUT2D eigenvalue weighted by molar-refractivity contribution is -0.116. The number of fused-ring (bicyclic) bond motifs is 2. The number of aromatic amines is 1. The van der Waals surface area contributed by atoms with Gasteiger partial charge in [-0.15, -0.1) is 11.3 Å². The minimum Gasteiger partial charge on any atom is -0.338 e. The minimum atomic E-state index is 0.0127. The molecule has 4 aromatic rings. The van der Waals surface area contributed by atoms with E-state index in [0.717, 1.165) is 62.4 Å². The fourth-order valence-electron chi connectivity index (χ4n) is 4.57. The Kier molecular flexibility index (Phi) is 6.21. The molecule has 1 aliphatic rings. The van der Waals surface area contributed by atoms with Gasteiger partial charge in [-0.05, 0) is 75.5 Å². The third kappa shape index (κ3) is 4.42. The highest BCUT2D eigenvalue weighted by atomic mass is 32.2. The van der Waals surface area contributed by atoms with E-state index in [1.54, 1.807) is 11.3 Å². The molecular formula is C25H27N5OS2. The van der Waals surface area contributed by atoms with Crippen LogP contribution in [-0.2, 0) is 24.1 Å². The summed E-state index contributed by atoms with van der Waals surface area (Å²) >= 11 is 3.25. The lowest BCUT2D eigenvalue weighted by Gasteiger charge is -2.12. The predicted octanol–water partition coefficient (Wildman–Crippen LogP) is 5.87. The molecule has 2 N–H and O–H groups in total. The Hall–Kier alpha value is -2.71. The number of nitrogens with zero attached hydrogens (tertiary/aromatic N) is 3. The molecule has 5 rings (SSSR count). The van der Waals surface area contributed by atoms with Gasteiger partial charge in [-0.2, -0.15) is 0 Å². The summed E-state index contributed by atoms with van der Waals surface area (Å²) in [7, 11) is 0. The number of hydrogen-bond acceptors (Lipinski definition) is 6. The number of rotatable bonds is 6. The fourth-order valence-corrected chi connectivity index (χ4v) is 6.33. The van der Waals surface area contributed by atoms with E-state index in [1.807, 2.05) is 44.4 Å². The number of amides is 1.